The van der Waals surface area contributed by atoms with E-state index in [1.165, 1.54) is 18.2 Å². The smallest absolute Gasteiger partial charge is 0.340 e. The highest BCUT2D eigenvalue weighted by Gasteiger charge is 2.23. The first-order valence-corrected chi connectivity index (χ1v) is 4.87. The number of nitro groups is 1. The number of carbonyl (C=O) groups is 2. The molecular weight excluding hydrogens is 242 g/mol. The molecule has 0 heterocycles. The van der Waals surface area contributed by atoms with Crippen LogP contribution in [0.3, 0.4) is 0 Å². The zero-order valence-corrected chi connectivity index (χ0v) is 9.50. The Morgan fingerprint density at radius 1 is 1.50 bits per heavy atom. The first kappa shape index (κ1) is 13.6. The van der Waals surface area contributed by atoms with E-state index in [4.69, 9.17) is 5.73 Å². The van der Waals surface area contributed by atoms with Crippen LogP contribution in [0.1, 0.15) is 10.4 Å². The summed E-state index contributed by atoms with van der Waals surface area (Å²) < 4.78 is 4.48. The summed E-state index contributed by atoms with van der Waals surface area (Å²) >= 11 is 0. The second-order valence-electron chi connectivity index (χ2n) is 3.20. The van der Waals surface area contributed by atoms with Gasteiger partial charge in [-0.15, -0.1) is 0 Å². The van der Waals surface area contributed by atoms with Crippen molar-refractivity contribution in [3.63, 3.8) is 0 Å². The molecule has 0 radical (unpaired) electrons. The van der Waals surface area contributed by atoms with Crippen LogP contribution in [0.4, 0.5) is 11.4 Å². The quantitative estimate of drug-likeness (QED) is 0.451. The number of rotatable bonds is 4. The lowest BCUT2D eigenvalue weighted by Crippen LogP contribution is -2.24. The summed E-state index contributed by atoms with van der Waals surface area (Å²) in [6.07, 6.45) is 0. The molecule has 0 aliphatic carbocycles. The summed E-state index contributed by atoms with van der Waals surface area (Å²) in [6.45, 7) is -0.355. The molecule has 1 rings (SSSR count). The van der Waals surface area contributed by atoms with Crippen molar-refractivity contribution in [1.82, 2.24) is 0 Å². The minimum absolute atomic E-state index is 0.103. The molecule has 0 bridgehead atoms. The lowest BCUT2D eigenvalue weighted by Gasteiger charge is -2.09. The zero-order valence-electron chi connectivity index (χ0n) is 9.50. The number of hydrogen-bond acceptors (Lipinski definition) is 6. The van der Waals surface area contributed by atoms with Crippen molar-refractivity contribution in [2.24, 2.45) is 5.73 Å². The predicted octanol–water partition coefficient (Wildman–Crippen LogP) is 0.279. The van der Waals surface area contributed by atoms with Crippen molar-refractivity contribution in [3.8, 4) is 0 Å². The van der Waals surface area contributed by atoms with Gasteiger partial charge in [0, 0.05) is 6.07 Å². The number of anilines is 1. The first-order chi connectivity index (χ1) is 8.51. The number of nitrogens with zero attached hydrogens (tertiary/aromatic N) is 1. The summed E-state index contributed by atoms with van der Waals surface area (Å²) in [5.74, 6) is -1.43. The molecule has 3 N–H and O–H groups in total. The fraction of sp³-hybridized carbons (Fsp3) is 0.200. The van der Waals surface area contributed by atoms with Gasteiger partial charge in [-0.2, -0.15) is 0 Å². The van der Waals surface area contributed by atoms with Crippen molar-refractivity contribution in [1.29, 1.82) is 0 Å². The van der Waals surface area contributed by atoms with Crippen LogP contribution in [0, 0.1) is 10.1 Å². The number of nitrogens with two attached hydrogens (primary N) is 1. The van der Waals surface area contributed by atoms with E-state index in [-0.39, 0.29) is 17.8 Å². The lowest BCUT2D eigenvalue weighted by atomic mass is 10.1. The van der Waals surface area contributed by atoms with E-state index in [0.717, 1.165) is 7.11 Å². The Bertz CT molecular complexity index is 500. The third kappa shape index (κ3) is 2.80. The van der Waals surface area contributed by atoms with Crippen LogP contribution in [0.15, 0.2) is 18.2 Å². The summed E-state index contributed by atoms with van der Waals surface area (Å²) in [7, 11) is 1.13. The van der Waals surface area contributed by atoms with Crippen molar-refractivity contribution >= 4 is 23.3 Å². The molecular formula is C10H11N3O5. The van der Waals surface area contributed by atoms with Crippen LogP contribution in [-0.4, -0.2) is 30.5 Å². The topological polar surface area (TPSA) is 125 Å². The Balaban J connectivity index is 3.34. The molecule has 0 spiro atoms. The molecule has 1 aromatic carbocycles. The van der Waals surface area contributed by atoms with Crippen molar-refractivity contribution < 1.29 is 19.2 Å². The van der Waals surface area contributed by atoms with Gasteiger partial charge in [0.2, 0.25) is 5.91 Å². The van der Waals surface area contributed by atoms with E-state index in [1.807, 2.05) is 0 Å². The van der Waals surface area contributed by atoms with E-state index in [1.54, 1.807) is 0 Å². The molecule has 96 valence electrons. The minimum atomic E-state index is -0.786. The SMILES string of the molecule is COC(=O)c1cccc([N+](=O)[O-])c1NC(=O)CN. The summed E-state index contributed by atoms with van der Waals surface area (Å²) in [4.78, 5) is 32.8. The molecule has 18 heavy (non-hydrogen) atoms. The maximum atomic E-state index is 11.5. The Morgan fingerprint density at radius 2 is 2.17 bits per heavy atom. The summed E-state index contributed by atoms with van der Waals surface area (Å²) in [5, 5.41) is 13.0. The second-order valence-corrected chi connectivity index (χ2v) is 3.20. The first-order valence-electron chi connectivity index (χ1n) is 4.87. The molecule has 0 unspecified atom stereocenters. The fourth-order valence-electron chi connectivity index (χ4n) is 1.29. The maximum Gasteiger partial charge on any atom is 0.340 e. The van der Waals surface area contributed by atoms with E-state index in [9.17, 15) is 19.7 Å². The van der Waals surface area contributed by atoms with Crippen molar-refractivity contribution in [2.45, 2.75) is 0 Å². The van der Waals surface area contributed by atoms with Gasteiger partial charge >= 0.3 is 5.97 Å². The zero-order chi connectivity index (χ0) is 13.7. The van der Waals surface area contributed by atoms with Crippen LogP contribution in [0.5, 0.6) is 0 Å². The van der Waals surface area contributed by atoms with Gasteiger partial charge in [0.15, 0.2) is 0 Å². The average molecular weight is 253 g/mol. The molecule has 0 aliphatic rings. The van der Waals surface area contributed by atoms with E-state index < -0.39 is 22.5 Å². The van der Waals surface area contributed by atoms with Crippen LogP contribution in [0.2, 0.25) is 0 Å². The Kier molecular flexibility index (Phi) is 4.33. The van der Waals surface area contributed by atoms with E-state index in [2.05, 4.69) is 10.1 Å². The number of carbonyl (C=O) groups excluding carboxylic acids is 2. The molecule has 1 amide bonds. The highest BCUT2D eigenvalue weighted by molar-refractivity contribution is 6.04. The molecule has 0 aliphatic heterocycles. The molecule has 8 heteroatoms. The van der Waals surface area contributed by atoms with Crippen LogP contribution < -0.4 is 11.1 Å². The molecule has 0 saturated heterocycles. The van der Waals surface area contributed by atoms with Crippen LogP contribution >= 0.6 is 0 Å². The molecule has 0 fully saturated rings. The molecule has 1 aromatic rings. The van der Waals surface area contributed by atoms with Crippen molar-refractivity contribution in [3.05, 3.63) is 33.9 Å². The molecule has 8 nitrogen and oxygen atoms in total. The number of esters is 1. The predicted molar refractivity (Wildman–Crippen MR) is 62.1 cm³/mol. The van der Waals surface area contributed by atoms with Gasteiger partial charge < -0.3 is 15.8 Å². The highest BCUT2D eigenvalue weighted by Crippen LogP contribution is 2.28. The highest BCUT2D eigenvalue weighted by atomic mass is 16.6. The van der Waals surface area contributed by atoms with Gasteiger partial charge in [0.05, 0.1) is 24.1 Å². The van der Waals surface area contributed by atoms with E-state index in [0.29, 0.717) is 0 Å². The molecule has 0 aromatic heterocycles. The Morgan fingerprint density at radius 3 is 2.67 bits per heavy atom. The minimum Gasteiger partial charge on any atom is -0.465 e. The van der Waals surface area contributed by atoms with Gasteiger partial charge in [0.25, 0.3) is 5.69 Å². The average Bonchev–Trinajstić information content (AvgIpc) is 2.37. The number of para-hydroxylation sites is 1. The van der Waals surface area contributed by atoms with Gasteiger partial charge in [-0.3, -0.25) is 14.9 Å². The number of nitro benzene ring substituents is 1. The Hall–Kier alpha value is -2.48. The Labute approximate surface area is 102 Å². The number of hydrogen-bond donors (Lipinski definition) is 2. The van der Waals surface area contributed by atoms with Gasteiger partial charge in [0.1, 0.15) is 5.69 Å². The number of ether oxygens (including phenoxy) is 1. The summed E-state index contributed by atoms with van der Waals surface area (Å²) in [5.41, 5.74) is 4.38. The second kappa shape index (κ2) is 5.73. The van der Waals surface area contributed by atoms with Gasteiger partial charge in [-0.05, 0) is 6.07 Å². The monoisotopic (exact) mass is 253 g/mol. The summed E-state index contributed by atoms with van der Waals surface area (Å²) in [6, 6.07) is 3.80. The van der Waals surface area contributed by atoms with Gasteiger partial charge in [-0.25, -0.2) is 4.79 Å². The van der Waals surface area contributed by atoms with Gasteiger partial charge in [-0.1, -0.05) is 6.07 Å². The lowest BCUT2D eigenvalue weighted by molar-refractivity contribution is -0.384. The normalized spacial score (nSPS) is 9.67. The number of nitrogens with one attached hydrogen (secondary N) is 1. The fourth-order valence-corrected chi connectivity index (χ4v) is 1.29. The van der Waals surface area contributed by atoms with Crippen LogP contribution in [0.25, 0.3) is 0 Å². The number of benzene rings is 1. The number of amides is 1. The molecule has 0 saturated carbocycles. The third-order valence-electron chi connectivity index (χ3n) is 2.09. The van der Waals surface area contributed by atoms with Crippen LogP contribution in [-0.2, 0) is 9.53 Å². The number of methoxy groups -OCH3 is 1. The van der Waals surface area contributed by atoms with E-state index >= 15 is 0 Å². The standard InChI is InChI=1S/C10H11N3O5/c1-18-10(15)6-3-2-4-7(13(16)17)9(6)12-8(14)5-11/h2-4H,5,11H2,1H3,(H,12,14). The van der Waals surface area contributed by atoms with Crippen molar-refractivity contribution in [2.75, 3.05) is 19.0 Å². The third-order valence-corrected chi connectivity index (χ3v) is 2.09. The largest absolute Gasteiger partial charge is 0.465 e. The maximum absolute atomic E-state index is 11.5. The molecule has 0 atom stereocenters.